The number of hydrogen-bond acceptors (Lipinski definition) is 4. The molecule has 1 amide bonds. The van der Waals surface area contributed by atoms with Crippen LogP contribution < -0.4 is 0 Å². The molecule has 27 heavy (non-hydrogen) atoms. The van der Waals surface area contributed by atoms with Gasteiger partial charge in [0.1, 0.15) is 0 Å². The Morgan fingerprint density at radius 1 is 1.33 bits per heavy atom. The minimum atomic E-state index is -1.35. The van der Waals surface area contributed by atoms with E-state index in [2.05, 4.69) is 30.3 Å². The SMILES string of the molecule is C=CCC1(CC(=C)F)OC(N2CCC3(CC2)OCc2ccccc23)=NC1=O. The van der Waals surface area contributed by atoms with Crippen LogP contribution in [0.15, 0.2) is 54.3 Å². The molecule has 0 saturated carbocycles. The van der Waals surface area contributed by atoms with Crippen molar-refractivity contribution in [2.45, 2.75) is 43.5 Å². The first-order chi connectivity index (χ1) is 13.0. The molecule has 5 nitrogen and oxygen atoms in total. The van der Waals surface area contributed by atoms with Crippen molar-refractivity contribution in [3.63, 3.8) is 0 Å². The van der Waals surface area contributed by atoms with Crippen molar-refractivity contribution in [3.05, 3.63) is 60.5 Å². The third kappa shape index (κ3) is 2.98. The fourth-order valence-electron chi connectivity index (χ4n) is 4.28. The molecule has 1 aromatic carbocycles. The zero-order chi connectivity index (χ0) is 19.1. The second-order valence-electron chi connectivity index (χ2n) is 7.41. The maximum Gasteiger partial charge on any atom is 0.296 e. The third-order valence-electron chi connectivity index (χ3n) is 5.68. The minimum absolute atomic E-state index is 0.191. The maximum absolute atomic E-state index is 13.5. The van der Waals surface area contributed by atoms with Gasteiger partial charge in [0.05, 0.1) is 18.0 Å². The van der Waals surface area contributed by atoms with E-state index in [0.717, 1.165) is 12.8 Å². The van der Waals surface area contributed by atoms with E-state index in [1.54, 1.807) is 6.08 Å². The first-order valence-electron chi connectivity index (χ1n) is 9.22. The van der Waals surface area contributed by atoms with Gasteiger partial charge in [0, 0.05) is 25.9 Å². The second-order valence-corrected chi connectivity index (χ2v) is 7.41. The molecule has 1 saturated heterocycles. The van der Waals surface area contributed by atoms with Gasteiger partial charge in [0.2, 0.25) is 5.60 Å². The van der Waals surface area contributed by atoms with Crippen LogP contribution in [0, 0.1) is 0 Å². The Hall–Kier alpha value is -2.47. The van der Waals surface area contributed by atoms with Crippen LogP contribution in [-0.2, 0) is 26.5 Å². The van der Waals surface area contributed by atoms with E-state index in [4.69, 9.17) is 9.47 Å². The summed E-state index contributed by atoms with van der Waals surface area (Å²) in [4.78, 5) is 18.5. The van der Waals surface area contributed by atoms with E-state index in [1.165, 1.54) is 11.1 Å². The average Bonchev–Trinajstić information content (AvgIpc) is 3.15. The molecule has 1 fully saturated rings. The monoisotopic (exact) mass is 370 g/mol. The number of amidine groups is 1. The lowest BCUT2D eigenvalue weighted by atomic mass is 9.84. The highest BCUT2D eigenvalue weighted by Gasteiger charge is 2.49. The van der Waals surface area contributed by atoms with Crippen LogP contribution in [0.1, 0.15) is 36.8 Å². The Balaban J connectivity index is 1.48. The smallest absolute Gasteiger partial charge is 0.296 e. The molecule has 3 aliphatic rings. The molecule has 3 aliphatic heterocycles. The number of aliphatic imine (C=N–C) groups is 1. The highest BCUT2D eigenvalue weighted by Crippen LogP contribution is 2.44. The molecule has 6 heteroatoms. The summed E-state index contributed by atoms with van der Waals surface area (Å²) in [7, 11) is 0. The van der Waals surface area contributed by atoms with E-state index in [-0.39, 0.29) is 24.5 Å². The van der Waals surface area contributed by atoms with E-state index in [1.807, 2.05) is 17.0 Å². The summed E-state index contributed by atoms with van der Waals surface area (Å²) < 4.78 is 25.5. The summed E-state index contributed by atoms with van der Waals surface area (Å²) in [5.74, 6) is -1.07. The molecule has 0 aliphatic carbocycles. The Morgan fingerprint density at radius 3 is 2.78 bits per heavy atom. The quantitative estimate of drug-likeness (QED) is 0.760. The molecule has 0 aromatic heterocycles. The van der Waals surface area contributed by atoms with Gasteiger partial charge >= 0.3 is 0 Å². The van der Waals surface area contributed by atoms with Gasteiger partial charge in [-0.15, -0.1) is 6.58 Å². The second kappa shape index (κ2) is 6.60. The van der Waals surface area contributed by atoms with Crippen molar-refractivity contribution in [2.75, 3.05) is 13.1 Å². The molecule has 1 unspecified atom stereocenters. The maximum atomic E-state index is 13.5. The standard InChI is InChI=1S/C21H23FN2O3/c1-3-8-21(13-15(2)22)18(25)23-19(27-21)24-11-9-20(10-12-24)17-7-5-4-6-16(17)14-26-20/h3-7H,1-2,8-14H2. The molecule has 1 spiro atoms. The fourth-order valence-corrected chi connectivity index (χ4v) is 4.28. The van der Waals surface area contributed by atoms with E-state index >= 15 is 0 Å². The molecule has 4 rings (SSSR count). The molecular formula is C21H23FN2O3. The number of carbonyl (C=O) groups excluding carboxylic acids is 1. The summed E-state index contributed by atoms with van der Waals surface area (Å²) in [5, 5.41) is 0. The molecule has 3 heterocycles. The van der Waals surface area contributed by atoms with Crippen LogP contribution in [0.3, 0.4) is 0 Å². The highest BCUT2D eigenvalue weighted by atomic mass is 19.1. The van der Waals surface area contributed by atoms with E-state index in [9.17, 15) is 9.18 Å². The molecule has 0 bridgehead atoms. The number of amides is 1. The number of halogens is 1. The Labute approximate surface area is 158 Å². The lowest BCUT2D eigenvalue weighted by Crippen LogP contribution is -2.47. The van der Waals surface area contributed by atoms with Crippen molar-refractivity contribution < 1.29 is 18.7 Å². The molecule has 142 valence electrons. The highest BCUT2D eigenvalue weighted by molar-refractivity contribution is 6.01. The van der Waals surface area contributed by atoms with Crippen molar-refractivity contribution in [1.29, 1.82) is 0 Å². The zero-order valence-electron chi connectivity index (χ0n) is 15.2. The van der Waals surface area contributed by atoms with Gasteiger partial charge in [-0.25, -0.2) is 4.39 Å². The zero-order valence-corrected chi connectivity index (χ0v) is 15.2. The summed E-state index contributed by atoms with van der Waals surface area (Å²) >= 11 is 0. The lowest BCUT2D eigenvalue weighted by Gasteiger charge is -2.40. The predicted molar refractivity (Wildman–Crippen MR) is 99.7 cm³/mol. The Morgan fingerprint density at radius 2 is 2.07 bits per heavy atom. The van der Waals surface area contributed by atoms with Gasteiger partial charge in [-0.3, -0.25) is 4.79 Å². The summed E-state index contributed by atoms with van der Waals surface area (Å²) in [6.07, 6.45) is 3.10. The topological polar surface area (TPSA) is 51.1 Å². The first kappa shape index (κ1) is 17.9. The van der Waals surface area contributed by atoms with E-state index < -0.39 is 17.3 Å². The minimum Gasteiger partial charge on any atom is -0.447 e. The van der Waals surface area contributed by atoms with E-state index in [0.29, 0.717) is 19.7 Å². The number of nitrogens with zero attached hydrogens (tertiary/aromatic N) is 2. The van der Waals surface area contributed by atoms with Crippen LogP contribution in [-0.4, -0.2) is 35.5 Å². The summed E-state index contributed by atoms with van der Waals surface area (Å²) in [6.45, 7) is 8.87. The third-order valence-corrected chi connectivity index (χ3v) is 5.68. The van der Waals surface area contributed by atoms with Gasteiger partial charge < -0.3 is 14.4 Å². The molecule has 0 radical (unpaired) electrons. The molecule has 0 N–H and O–H groups in total. The number of ether oxygens (including phenoxy) is 2. The number of piperidine rings is 1. The predicted octanol–water partition coefficient (Wildman–Crippen LogP) is 3.61. The number of hydrogen-bond donors (Lipinski definition) is 0. The van der Waals surface area contributed by atoms with Crippen molar-refractivity contribution >= 4 is 11.9 Å². The van der Waals surface area contributed by atoms with Crippen LogP contribution in [0.5, 0.6) is 0 Å². The normalized spacial score (nSPS) is 25.9. The first-order valence-corrected chi connectivity index (χ1v) is 9.22. The number of carbonyl (C=O) groups is 1. The van der Waals surface area contributed by atoms with Gasteiger partial charge in [-0.05, 0) is 24.0 Å². The summed E-state index contributed by atoms with van der Waals surface area (Å²) in [6, 6.07) is 8.57. The van der Waals surface area contributed by atoms with Gasteiger partial charge in [0.15, 0.2) is 0 Å². The van der Waals surface area contributed by atoms with Crippen LogP contribution in [0.2, 0.25) is 0 Å². The molecule has 1 atom stereocenters. The van der Waals surface area contributed by atoms with Gasteiger partial charge in [-0.1, -0.05) is 36.9 Å². The van der Waals surface area contributed by atoms with Crippen LogP contribution >= 0.6 is 0 Å². The van der Waals surface area contributed by atoms with Crippen molar-refractivity contribution in [3.8, 4) is 0 Å². The lowest BCUT2D eigenvalue weighted by molar-refractivity contribution is -0.131. The van der Waals surface area contributed by atoms with Gasteiger partial charge in [-0.2, -0.15) is 4.99 Å². The molecule has 1 aromatic rings. The van der Waals surface area contributed by atoms with Crippen LogP contribution in [0.25, 0.3) is 0 Å². The van der Waals surface area contributed by atoms with Gasteiger partial charge in [0.25, 0.3) is 11.9 Å². The number of fused-ring (bicyclic) bond motifs is 2. The number of likely N-dealkylation sites (tertiary alicyclic amines) is 1. The number of rotatable bonds is 4. The van der Waals surface area contributed by atoms with Crippen LogP contribution in [0.4, 0.5) is 4.39 Å². The van der Waals surface area contributed by atoms with Crippen molar-refractivity contribution in [1.82, 2.24) is 4.90 Å². The largest absolute Gasteiger partial charge is 0.447 e. The average molecular weight is 370 g/mol. The Kier molecular flexibility index (Phi) is 4.38. The molecular weight excluding hydrogens is 347 g/mol. The fraction of sp³-hybridized carbons (Fsp3) is 0.429. The Bertz CT molecular complexity index is 826. The van der Waals surface area contributed by atoms with Crippen molar-refractivity contribution in [2.24, 2.45) is 4.99 Å². The number of benzene rings is 1. The summed E-state index contributed by atoms with van der Waals surface area (Å²) in [5.41, 5.74) is 0.864.